The highest BCUT2D eigenvalue weighted by atomic mass is 35.5. The Labute approximate surface area is 212 Å². The molecule has 0 spiro atoms. The minimum Gasteiger partial charge on any atom is -0.355 e. The summed E-state index contributed by atoms with van der Waals surface area (Å²) >= 11 is 6.77. The Hall–Kier alpha value is -3.07. The van der Waals surface area contributed by atoms with E-state index in [9.17, 15) is 13.2 Å². The zero-order valence-electron chi connectivity index (χ0n) is 20.7. The van der Waals surface area contributed by atoms with Crippen LogP contribution in [0.1, 0.15) is 51.3 Å². The average molecular weight is 517 g/mol. The highest BCUT2D eigenvalue weighted by molar-refractivity contribution is 6.33. The molecule has 0 radical (unpaired) electrons. The number of aryl methyl sites for hydroxylation is 1. The van der Waals surface area contributed by atoms with E-state index in [1.807, 2.05) is 20.8 Å². The maximum absolute atomic E-state index is 13.8. The molecule has 1 aromatic carbocycles. The zero-order chi connectivity index (χ0) is 25.8. The van der Waals surface area contributed by atoms with Crippen molar-refractivity contribution in [3.05, 3.63) is 46.6 Å². The van der Waals surface area contributed by atoms with Gasteiger partial charge in [-0.1, -0.05) is 50.6 Å². The van der Waals surface area contributed by atoms with Crippen LogP contribution >= 0.6 is 11.6 Å². The Morgan fingerprint density at radius 3 is 2.33 bits per heavy atom. The summed E-state index contributed by atoms with van der Waals surface area (Å²) in [6, 6.07) is 7.14. The molecule has 190 valence electrons. The van der Waals surface area contributed by atoms with Crippen molar-refractivity contribution in [2.24, 2.45) is 7.05 Å². The van der Waals surface area contributed by atoms with Crippen LogP contribution in [0.2, 0.25) is 5.02 Å². The van der Waals surface area contributed by atoms with E-state index in [1.54, 1.807) is 23.9 Å². The standard InChI is InChI=1S/C26H28ClF3N6/c1-25(2,3)22-19(27)21(35(4)34-22)23-31-18-14-17(15-10-6-7-11-16(15)26(28,29)30)32-24(20(18)33-23)36-12-8-5-9-13-36/h6-7,10-11,14H,5,8-9,12-13H2,1-4H3,(H,31,33). The zero-order valence-corrected chi connectivity index (χ0v) is 21.4. The van der Waals surface area contributed by atoms with Gasteiger partial charge in [0.2, 0.25) is 0 Å². The first-order valence-electron chi connectivity index (χ1n) is 12.0. The number of piperidine rings is 1. The van der Waals surface area contributed by atoms with E-state index in [0.29, 0.717) is 33.4 Å². The van der Waals surface area contributed by atoms with Gasteiger partial charge >= 0.3 is 6.18 Å². The molecule has 0 saturated carbocycles. The maximum atomic E-state index is 13.8. The topological polar surface area (TPSA) is 62.6 Å². The molecule has 5 rings (SSSR count). The molecule has 1 aliphatic heterocycles. The number of hydrogen-bond donors (Lipinski definition) is 1. The van der Waals surface area contributed by atoms with Gasteiger partial charge < -0.3 is 9.88 Å². The lowest BCUT2D eigenvalue weighted by molar-refractivity contribution is -0.137. The Morgan fingerprint density at radius 2 is 1.69 bits per heavy atom. The van der Waals surface area contributed by atoms with Gasteiger partial charge in [-0.15, -0.1) is 0 Å². The van der Waals surface area contributed by atoms with Gasteiger partial charge in [0.1, 0.15) is 11.2 Å². The van der Waals surface area contributed by atoms with Gasteiger partial charge in [0.15, 0.2) is 11.6 Å². The predicted octanol–water partition coefficient (Wildman–Crippen LogP) is 6.99. The summed E-state index contributed by atoms with van der Waals surface area (Å²) in [5.74, 6) is 1.11. The van der Waals surface area contributed by atoms with Crippen molar-refractivity contribution in [1.29, 1.82) is 0 Å². The average Bonchev–Trinajstić information content (AvgIpc) is 3.38. The number of hydrogen-bond acceptors (Lipinski definition) is 4. The molecular formula is C26H28ClF3N6. The number of nitrogens with zero attached hydrogens (tertiary/aromatic N) is 5. The Bertz CT molecular complexity index is 1420. The number of pyridine rings is 1. The minimum absolute atomic E-state index is 0.0308. The molecule has 0 amide bonds. The van der Waals surface area contributed by atoms with Crippen LogP contribution in [0.5, 0.6) is 0 Å². The molecular weight excluding hydrogens is 489 g/mol. The fourth-order valence-corrected chi connectivity index (χ4v) is 5.30. The number of rotatable bonds is 3. The van der Waals surface area contributed by atoms with Gasteiger partial charge in [-0.3, -0.25) is 4.68 Å². The van der Waals surface area contributed by atoms with Gasteiger partial charge in [0.25, 0.3) is 0 Å². The van der Waals surface area contributed by atoms with Crippen LogP contribution in [0.4, 0.5) is 19.0 Å². The van der Waals surface area contributed by atoms with Crippen LogP contribution in [-0.4, -0.2) is 37.8 Å². The number of nitrogens with one attached hydrogen (secondary N) is 1. The fraction of sp³-hybridized carbons (Fsp3) is 0.423. The highest BCUT2D eigenvalue weighted by Crippen LogP contribution is 2.40. The molecule has 1 saturated heterocycles. The molecule has 1 N–H and O–H groups in total. The van der Waals surface area contributed by atoms with Crippen molar-refractivity contribution in [2.45, 2.75) is 51.6 Å². The first-order valence-corrected chi connectivity index (χ1v) is 12.4. The van der Waals surface area contributed by atoms with Crippen molar-refractivity contribution < 1.29 is 13.2 Å². The largest absolute Gasteiger partial charge is 0.417 e. The van der Waals surface area contributed by atoms with Gasteiger partial charge in [-0.25, -0.2) is 9.97 Å². The second-order valence-corrected chi connectivity index (χ2v) is 10.7. The highest BCUT2D eigenvalue weighted by Gasteiger charge is 2.34. The molecule has 0 bridgehead atoms. The summed E-state index contributed by atoms with van der Waals surface area (Å²) in [5, 5.41) is 5.12. The summed E-state index contributed by atoms with van der Waals surface area (Å²) in [5.41, 5.74) is 1.85. The van der Waals surface area contributed by atoms with Crippen molar-refractivity contribution in [2.75, 3.05) is 18.0 Å². The van der Waals surface area contributed by atoms with Gasteiger partial charge in [-0.05, 0) is 31.4 Å². The van der Waals surface area contributed by atoms with Crippen LogP contribution in [0.15, 0.2) is 30.3 Å². The fourth-order valence-electron chi connectivity index (χ4n) is 4.77. The van der Waals surface area contributed by atoms with Crippen LogP contribution in [0.25, 0.3) is 33.8 Å². The van der Waals surface area contributed by atoms with Gasteiger partial charge in [-0.2, -0.15) is 18.3 Å². The number of fused-ring (bicyclic) bond motifs is 1. The molecule has 0 unspecified atom stereocenters. The number of aromatic amines is 1. The van der Waals surface area contributed by atoms with E-state index in [0.717, 1.165) is 44.1 Å². The van der Waals surface area contributed by atoms with Crippen LogP contribution < -0.4 is 4.90 Å². The third kappa shape index (κ3) is 4.34. The second-order valence-electron chi connectivity index (χ2n) is 10.3. The quantitative estimate of drug-likeness (QED) is 0.319. The van der Waals surface area contributed by atoms with Gasteiger partial charge in [0.05, 0.1) is 27.5 Å². The number of benzene rings is 1. The number of imidazole rings is 1. The minimum atomic E-state index is -4.50. The molecule has 4 aromatic rings. The molecule has 6 nitrogen and oxygen atoms in total. The van der Waals surface area contributed by atoms with Crippen LogP contribution in [-0.2, 0) is 18.6 Å². The molecule has 36 heavy (non-hydrogen) atoms. The second kappa shape index (κ2) is 8.80. The number of alkyl halides is 3. The summed E-state index contributed by atoms with van der Waals surface area (Å²) in [4.78, 5) is 15.0. The summed E-state index contributed by atoms with van der Waals surface area (Å²) in [6.45, 7) is 7.66. The van der Waals surface area contributed by atoms with E-state index in [4.69, 9.17) is 21.6 Å². The van der Waals surface area contributed by atoms with E-state index >= 15 is 0 Å². The molecule has 10 heteroatoms. The molecule has 3 aromatic heterocycles. The SMILES string of the molecule is Cn1nc(C(C)(C)C)c(Cl)c1-c1nc2cc(-c3ccccc3C(F)(F)F)nc(N3CCCCC3)c2[nH]1. The molecule has 0 atom stereocenters. The molecule has 1 fully saturated rings. The molecule has 4 heterocycles. The normalized spacial score (nSPS) is 15.2. The number of H-pyrrole nitrogens is 1. The Balaban J connectivity index is 1.73. The lowest BCUT2D eigenvalue weighted by Gasteiger charge is -2.28. The number of aromatic nitrogens is 5. The molecule has 1 aliphatic rings. The van der Waals surface area contributed by atoms with Crippen molar-refractivity contribution in [1.82, 2.24) is 24.7 Å². The summed E-state index contributed by atoms with van der Waals surface area (Å²) < 4.78 is 43.2. The first kappa shape index (κ1) is 24.6. The maximum Gasteiger partial charge on any atom is 0.417 e. The van der Waals surface area contributed by atoms with Crippen LogP contribution in [0.3, 0.4) is 0 Å². The van der Waals surface area contributed by atoms with E-state index in [2.05, 4.69) is 15.0 Å². The number of anilines is 1. The Morgan fingerprint density at radius 1 is 1.00 bits per heavy atom. The lowest BCUT2D eigenvalue weighted by Crippen LogP contribution is -2.30. The third-order valence-corrected chi connectivity index (χ3v) is 6.90. The first-order chi connectivity index (χ1) is 16.9. The lowest BCUT2D eigenvalue weighted by atomic mass is 9.92. The van der Waals surface area contributed by atoms with E-state index < -0.39 is 11.7 Å². The number of halogens is 4. The van der Waals surface area contributed by atoms with Gasteiger partial charge in [0, 0.05) is 31.1 Å². The van der Waals surface area contributed by atoms with E-state index in [1.165, 1.54) is 12.1 Å². The molecule has 0 aliphatic carbocycles. The van der Waals surface area contributed by atoms with Crippen LogP contribution in [0, 0.1) is 0 Å². The van der Waals surface area contributed by atoms with Crippen molar-refractivity contribution in [3.8, 4) is 22.8 Å². The Kier molecular flexibility index (Phi) is 6.01. The smallest absolute Gasteiger partial charge is 0.355 e. The summed E-state index contributed by atoms with van der Waals surface area (Å²) in [7, 11) is 1.80. The van der Waals surface area contributed by atoms with Crippen molar-refractivity contribution in [3.63, 3.8) is 0 Å². The van der Waals surface area contributed by atoms with E-state index in [-0.39, 0.29) is 16.7 Å². The summed E-state index contributed by atoms with van der Waals surface area (Å²) in [6.07, 6.45) is -1.39. The third-order valence-electron chi connectivity index (χ3n) is 6.54. The predicted molar refractivity (Wildman–Crippen MR) is 136 cm³/mol. The van der Waals surface area contributed by atoms with Crippen molar-refractivity contribution >= 4 is 28.5 Å². The monoisotopic (exact) mass is 516 g/mol.